The zero-order chi connectivity index (χ0) is 24.5. The van der Waals surface area contributed by atoms with Gasteiger partial charge in [-0.25, -0.2) is 18.4 Å². The van der Waals surface area contributed by atoms with Gasteiger partial charge in [-0.05, 0) is 51.1 Å². The van der Waals surface area contributed by atoms with E-state index in [1.807, 2.05) is 26.1 Å². The van der Waals surface area contributed by atoms with Crippen LogP contribution >= 0.6 is 23.2 Å². The average molecular weight is 510 g/mol. The second-order valence-electron chi connectivity index (χ2n) is 8.80. The fourth-order valence-corrected chi connectivity index (χ4v) is 5.28. The first-order chi connectivity index (χ1) is 16.2. The second kappa shape index (κ2) is 10.2. The molecule has 1 N–H and O–H groups in total. The molecule has 0 radical (unpaired) electrons. The molecule has 1 saturated heterocycles. The lowest BCUT2D eigenvalue weighted by Gasteiger charge is -2.45. The molecule has 10 heteroatoms. The molecule has 2 aromatic carbocycles. The zero-order valence-corrected chi connectivity index (χ0v) is 20.5. The Morgan fingerprint density at radius 3 is 2.53 bits per heavy atom. The Bertz CT molecular complexity index is 1120. The van der Waals surface area contributed by atoms with Crippen LogP contribution in [-0.2, 0) is 12.1 Å². The van der Waals surface area contributed by atoms with Crippen LogP contribution < -0.4 is 4.90 Å². The number of piperidine rings is 1. The Kier molecular flexibility index (Phi) is 7.42. The summed E-state index contributed by atoms with van der Waals surface area (Å²) in [5, 5.41) is 17.2. The van der Waals surface area contributed by atoms with Crippen molar-refractivity contribution >= 4 is 28.9 Å². The molecule has 0 amide bonds. The molecule has 6 nitrogen and oxygen atoms in total. The zero-order valence-electron chi connectivity index (χ0n) is 19.0. The molecule has 2 heterocycles. The minimum Gasteiger partial charge on any atom is -0.381 e. The topological polar surface area (TPSA) is 57.4 Å². The van der Waals surface area contributed by atoms with E-state index in [4.69, 9.17) is 23.2 Å². The third-order valence-electron chi connectivity index (χ3n) is 6.86. The molecule has 0 aliphatic carbocycles. The Labute approximate surface area is 207 Å². The minimum atomic E-state index is -1.67. The largest absolute Gasteiger partial charge is 0.381 e. The molecule has 3 aromatic rings. The summed E-state index contributed by atoms with van der Waals surface area (Å²) < 4.78 is 29.9. The van der Waals surface area contributed by atoms with Crippen LogP contribution in [0.4, 0.5) is 14.5 Å². The summed E-state index contributed by atoms with van der Waals surface area (Å²) in [4.78, 5) is 8.22. The van der Waals surface area contributed by atoms with E-state index >= 15 is 0 Å². The maximum Gasteiger partial charge on any atom is 0.137 e. The van der Waals surface area contributed by atoms with Gasteiger partial charge >= 0.3 is 0 Å². The van der Waals surface area contributed by atoms with Crippen molar-refractivity contribution in [3.63, 3.8) is 0 Å². The average Bonchev–Trinajstić information content (AvgIpc) is 3.31. The van der Waals surface area contributed by atoms with Gasteiger partial charge in [0.1, 0.15) is 29.9 Å². The number of benzene rings is 2. The lowest BCUT2D eigenvalue weighted by molar-refractivity contribution is -0.0697. The molecule has 0 saturated carbocycles. The third kappa shape index (κ3) is 5.05. The van der Waals surface area contributed by atoms with Gasteiger partial charge in [-0.2, -0.15) is 5.10 Å². The highest BCUT2D eigenvalue weighted by Crippen LogP contribution is 2.36. The Hall–Kier alpha value is -2.26. The van der Waals surface area contributed by atoms with Crippen molar-refractivity contribution in [2.75, 3.05) is 25.0 Å². The van der Waals surface area contributed by atoms with Crippen molar-refractivity contribution in [1.29, 1.82) is 0 Å². The van der Waals surface area contributed by atoms with Crippen LogP contribution in [0.25, 0.3) is 0 Å². The van der Waals surface area contributed by atoms with Crippen molar-refractivity contribution in [3.05, 3.63) is 76.3 Å². The molecule has 1 aliphatic rings. The molecular weight excluding hydrogens is 483 g/mol. The summed E-state index contributed by atoms with van der Waals surface area (Å²) in [5.41, 5.74) is -0.706. The van der Waals surface area contributed by atoms with Crippen molar-refractivity contribution < 1.29 is 13.9 Å². The predicted molar refractivity (Wildman–Crippen MR) is 129 cm³/mol. The van der Waals surface area contributed by atoms with Gasteiger partial charge in [0, 0.05) is 41.8 Å². The molecule has 0 unspecified atom stereocenters. The van der Waals surface area contributed by atoms with Crippen LogP contribution in [0.5, 0.6) is 0 Å². The van der Waals surface area contributed by atoms with Gasteiger partial charge in [-0.3, -0.25) is 4.90 Å². The first kappa shape index (κ1) is 24.9. The van der Waals surface area contributed by atoms with E-state index in [1.54, 1.807) is 6.07 Å². The first-order valence-corrected chi connectivity index (χ1v) is 11.9. The molecule has 4 rings (SSSR count). The highest BCUT2D eigenvalue weighted by Gasteiger charge is 2.43. The van der Waals surface area contributed by atoms with Gasteiger partial charge in [0.15, 0.2) is 0 Å². The Balaban J connectivity index is 1.54. The van der Waals surface area contributed by atoms with Gasteiger partial charge < -0.3 is 10.0 Å². The maximum absolute atomic E-state index is 14.9. The molecule has 1 aromatic heterocycles. The molecule has 0 bridgehead atoms. The van der Waals surface area contributed by atoms with E-state index in [0.29, 0.717) is 10.0 Å². The molecule has 2 atom stereocenters. The number of nitrogens with zero attached hydrogens (tertiary/aromatic N) is 5. The van der Waals surface area contributed by atoms with Crippen LogP contribution in [0, 0.1) is 11.6 Å². The van der Waals surface area contributed by atoms with Gasteiger partial charge in [-0.1, -0.05) is 29.3 Å². The van der Waals surface area contributed by atoms with E-state index in [9.17, 15) is 13.9 Å². The molecule has 1 aliphatic heterocycles. The summed E-state index contributed by atoms with van der Waals surface area (Å²) >= 11 is 12.4. The molecule has 1 fully saturated rings. The second-order valence-corrected chi connectivity index (χ2v) is 9.64. The summed E-state index contributed by atoms with van der Waals surface area (Å²) in [7, 11) is 1.92. The van der Waals surface area contributed by atoms with Crippen LogP contribution in [0.1, 0.15) is 25.3 Å². The molecule has 34 heavy (non-hydrogen) atoms. The van der Waals surface area contributed by atoms with E-state index < -0.39 is 23.3 Å². The van der Waals surface area contributed by atoms with Gasteiger partial charge in [0.05, 0.1) is 17.3 Å². The number of hydrogen-bond donors (Lipinski definition) is 1. The van der Waals surface area contributed by atoms with Crippen molar-refractivity contribution in [1.82, 2.24) is 19.7 Å². The Morgan fingerprint density at radius 1 is 1.18 bits per heavy atom. The van der Waals surface area contributed by atoms with Crippen molar-refractivity contribution in [3.8, 4) is 0 Å². The number of hydrogen-bond acceptors (Lipinski definition) is 5. The summed E-state index contributed by atoms with van der Waals surface area (Å²) in [5.74, 6) is -1.49. The quantitative estimate of drug-likeness (QED) is 0.498. The number of likely N-dealkylation sites (N-methyl/N-ethyl adjacent to an activating group) is 1. The van der Waals surface area contributed by atoms with Crippen LogP contribution in [0.15, 0.2) is 49.1 Å². The smallest absolute Gasteiger partial charge is 0.137 e. The number of rotatable bonds is 7. The summed E-state index contributed by atoms with van der Waals surface area (Å²) in [6.45, 7) is 3.37. The third-order valence-corrected chi connectivity index (χ3v) is 7.40. The van der Waals surface area contributed by atoms with Gasteiger partial charge in [-0.15, -0.1) is 0 Å². The van der Waals surface area contributed by atoms with Crippen LogP contribution in [-0.4, -0.2) is 57.0 Å². The number of aromatic nitrogens is 3. The van der Waals surface area contributed by atoms with Gasteiger partial charge in [0.25, 0.3) is 0 Å². The Morgan fingerprint density at radius 2 is 1.91 bits per heavy atom. The number of anilines is 1. The molecule has 0 spiro atoms. The monoisotopic (exact) mass is 509 g/mol. The van der Waals surface area contributed by atoms with E-state index in [0.717, 1.165) is 43.8 Å². The standard InChI is InChI=1S/C24H27Cl2F2N5O/c1-16(24(34,13-33-15-29-14-30-33)20-5-4-18(27)12-22(20)28)31(2)19-7-9-32(10-8-19)23-6-3-17(25)11-21(23)26/h3-6,11-12,14-16,19,34H,7-10,13H2,1-2H3/t16-,24-/m1/s1. The van der Waals surface area contributed by atoms with Crippen molar-refractivity contribution in [2.24, 2.45) is 0 Å². The number of aliphatic hydroxyl groups is 1. The van der Waals surface area contributed by atoms with Gasteiger partial charge in [0.2, 0.25) is 0 Å². The van der Waals surface area contributed by atoms with Crippen molar-refractivity contribution in [2.45, 2.75) is 44.0 Å². The van der Waals surface area contributed by atoms with E-state index in [1.165, 1.54) is 23.4 Å². The highest BCUT2D eigenvalue weighted by atomic mass is 35.5. The highest BCUT2D eigenvalue weighted by molar-refractivity contribution is 6.36. The van der Waals surface area contributed by atoms with E-state index in [-0.39, 0.29) is 18.2 Å². The molecular formula is C24H27Cl2F2N5O. The minimum absolute atomic E-state index is 0.0223. The van der Waals surface area contributed by atoms with Crippen LogP contribution in [0.2, 0.25) is 10.0 Å². The number of halogens is 4. The lowest BCUT2D eigenvalue weighted by atomic mass is 9.84. The SMILES string of the molecule is C[C@@H](N(C)C1CCN(c2ccc(Cl)cc2Cl)CC1)[C@](O)(Cn1cncn1)c1ccc(F)cc1F. The summed E-state index contributed by atoms with van der Waals surface area (Å²) in [6, 6.07) is 8.37. The fraction of sp³-hybridized carbons (Fsp3) is 0.417. The summed E-state index contributed by atoms with van der Waals surface area (Å²) in [6.07, 6.45) is 4.47. The van der Waals surface area contributed by atoms with E-state index in [2.05, 4.69) is 19.9 Å². The fourth-order valence-electron chi connectivity index (χ4n) is 4.75. The normalized spacial score (nSPS) is 17.7. The van der Waals surface area contributed by atoms with Crippen LogP contribution in [0.3, 0.4) is 0 Å². The maximum atomic E-state index is 14.9. The first-order valence-electron chi connectivity index (χ1n) is 11.1. The lowest BCUT2D eigenvalue weighted by Crippen LogP contribution is -2.55. The predicted octanol–water partition coefficient (Wildman–Crippen LogP) is 4.74. The molecule has 182 valence electrons.